The first-order valence-corrected chi connectivity index (χ1v) is 8.63. The Kier molecular flexibility index (Phi) is 5.36. The Morgan fingerprint density at radius 1 is 1.36 bits per heavy atom. The Bertz CT molecular complexity index is 624. The van der Waals surface area contributed by atoms with Gasteiger partial charge in [-0.3, -0.25) is 14.5 Å². The molecule has 2 amide bonds. The van der Waals surface area contributed by atoms with Crippen LogP contribution < -0.4 is 10.6 Å². The molecule has 1 aromatic rings. The zero-order valence-electron chi connectivity index (χ0n) is 14.5. The number of rotatable bonds is 6. The van der Waals surface area contributed by atoms with Gasteiger partial charge in [-0.2, -0.15) is 0 Å². The topological polar surface area (TPSA) is 94.2 Å². The molecule has 2 aliphatic rings. The van der Waals surface area contributed by atoms with Crippen LogP contribution >= 0.6 is 0 Å². The number of amides is 2. The Morgan fingerprint density at radius 3 is 2.76 bits per heavy atom. The number of carbonyl (C=O) groups is 2. The monoisotopic (exact) mass is 347 g/mol. The third-order valence-corrected chi connectivity index (χ3v) is 4.68. The summed E-state index contributed by atoms with van der Waals surface area (Å²) in [5.74, 6) is -0.220. The molecular weight excluding hydrogens is 322 g/mol. The molecule has 0 aliphatic carbocycles. The highest BCUT2D eigenvalue weighted by Gasteiger charge is 2.53. The summed E-state index contributed by atoms with van der Waals surface area (Å²) in [6.07, 6.45) is -0.555. The highest BCUT2D eigenvalue weighted by Crippen LogP contribution is 2.34. The molecule has 1 aromatic carbocycles. The minimum absolute atomic E-state index is 0.109. The van der Waals surface area contributed by atoms with Gasteiger partial charge in [0.25, 0.3) is 0 Å². The summed E-state index contributed by atoms with van der Waals surface area (Å²) >= 11 is 0. The van der Waals surface area contributed by atoms with E-state index in [1.54, 1.807) is 0 Å². The van der Waals surface area contributed by atoms with E-state index in [1.165, 1.54) is 6.92 Å². The molecule has 2 unspecified atom stereocenters. The number of aliphatic hydroxyl groups is 1. The number of hydrogen-bond donors (Lipinski definition) is 3. The zero-order chi connectivity index (χ0) is 18.0. The zero-order valence-corrected chi connectivity index (χ0v) is 14.5. The molecule has 0 spiro atoms. The molecule has 3 N–H and O–H groups in total. The maximum atomic E-state index is 12.6. The van der Waals surface area contributed by atoms with Gasteiger partial charge in [0, 0.05) is 20.0 Å². The molecule has 5 atom stereocenters. The summed E-state index contributed by atoms with van der Waals surface area (Å²) in [5.41, 5.74) is 1.03. The largest absolute Gasteiger partial charge is 0.392 e. The molecule has 2 fully saturated rings. The van der Waals surface area contributed by atoms with Crippen LogP contribution in [0.15, 0.2) is 30.3 Å². The van der Waals surface area contributed by atoms with Gasteiger partial charge in [-0.15, -0.1) is 0 Å². The summed E-state index contributed by atoms with van der Waals surface area (Å²) in [6.45, 7) is 4.20. The summed E-state index contributed by atoms with van der Waals surface area (Å²) in [6, 6.07) is 9.15. The standard InChI is InChI=1S/C18H25N3O4/c1-11(20-12(2)22)16-18(25-16)21-10-14(23)8-15(21)17(24)19-9-13-6-4-3-5-7-13/h3-7,11,14-16,18,23H,8-10H2,1-2H3,(H,19,24)(H,20,22)/t11-,14+,15-,16?,18?/m0/s1. The number of epoxide rings is 1. The number of β-amino-alcohol motifs (C(OH)–C–C–N with tert-alkyl or cyclic N) is 1. The van der Waals surface area contributed by atoms with E-state index >= 15 is 0 Å². The lowest BCUT2D eigenvalue weighted by atomic mass is 10.1. The number of aliphatic hydroxyl groups excluding tert-OH is 1. The van der Waals surface area contributed by atoms with Gasteiger partial charge in [-0.25, -0.2) is 0 Å². The van der Waals surface area contributed by atoms with Crippen molar-refractivity contribution in [1.29, 1.82) is 0 Å². The second-order valence-electron chi connectivity index (χ2n) is 6.79. The fourth-order valence-corrected chi connectivity index (χ4v) is 3.43. The van der Waals surface area contributed by atoms with E-state index in [1.807, 2.05) is 42.2 Å². The molecule has 2 saturated heterocycles. The smallest absolute Gasteiger partial charge is 0.237 e. The van der Waals surface area contributed by atoms with E-state index in [9.17, 15) is 14.7 Å². The van der Waals surface area contributed by atoms with E-state index < -0.39 is 12.1 Å². The Morgan fingerprint density at radius 2 is 2.08 bits per heavy atom. The van der Waals surface area contributed by atoms with Gasteiger partial charge < -0.3 is 20.5 Å². The highest BCUT2D eigenvalue weighted by molar-refractivity contribution is 5.82. The molecule has 2 aliphatic heterocycles. The molecule has 25 heavy (non-hydrogen) atoms. The summed E-state index contributed by atoms with van der Waals surface area (Å²) in [7, 11) is 0. The van der Waals surface area contributed by atoms with E-state index in [0.717, 1.165) is 5.56 Å². The number of likely N-dealkylation sites (tertiary alicyclic amines) is 1. The van der Waals surface area contributed by atoms with Crippen LogP contribution in [-0.2, 0) is 20.9 Å². The lowest BCUT2D eigenvalue weighted by Gasteiger charge is -2.22. The Labute approximate surface area is 147 Å². The number of benzene rings is 1. The fourth-order valence-electron chi connectivity index (χ4n) is 3.43. The third-order valence-electron chi connectivity index (χ3n) is 4.68. The van der Waals surface area contributed by atoms with Gasteiger partial charge in [-0.05, 0) is 18.9 Å². The molecule has 7 nitrogen and oxygen atoms in total. The number of nitrogens with one attached hydrogen (secondary N) is 2. The van der Waals surface area contributed by atoms with Crippen LogP contribution in [0, 0.1) is 0 Å². The minimum Gasteiger partial charge on any atom is -0.392 e. The molecule has 7 heteroatoms. The van der Waals surface area contributed by atoms with Crippen molar-refractivity contribution in [3.8, 4) is 0 Å². The van der Waals surface area contributed by atoms with Gasteiger partial charge in [0.15, 0.2) is 0 Å². The SMILES string of the molecule is CC(=O)N[C@@H](C)C1OC1N1C[C@H](O)C[C@H]1C(=O)NCc1ccccc1. The highest BCUT2D eigenvalue weighted by atomic mass is 16.6. The quantitative estimate of drug-likeness (QED) is 0.629. The van der Waals surface area contributed by atoms with Crippen molar-refractivity contribution in [2.75, 3.05) is 6.54 Å². The lowest BCUT2D eigenvalue weighted by molar-refractivity contribution is -0.126. The van der Waals surface area contributed by atoms with Gasteiger partial charge in [-0.1, -0.05) is 30.3 Å². The van der Waals surface area contributed by atoms with Gasteiger partial charge in [0.05, 0.1) is 18.2 Å². The predicted octanol–water partition coefficient (Wildman–Crippen LogP) is -0.0125. The van der Waals surface area contributed by atoms with Crippen molar-refractivity contribution in [2.24, 2.45) is 0 Å². The molecule has 0 saturated carbocycles. The Hall–Kier alpha value is -1.96. The van der Waals surface area contributed by atoms with Crippen molar-refractivity contribution < 1.29 is 19.4 Å². The van der Waals surface area contributed by atoms with Crippen molar-refractivity contribution in [3.05, 3.63) is 35.9 Å². The average molecular weight is 347 g/mol. The predicted molar refractivity (Wildman–Crippen MR) is 91.3 cm³/mol. The van der Waals surface area contributed by atoms with Crippen LogP contribution in [0.25, 0.3) is 0 Å². The van der Waals surface area contributed by atoms with E-state index in [0.29, 0.717) is 19.5 Å². The normalized spacial score (nSPS) is 29.9. The van der Waals surface area contributed by atoms with Crippen LogP contribution in [0.5, 0.6) is 0 Å². The second kappa shape index (κ2) is 7.51. The maximum Gasteiger partial charge on any atom is 0.237 e. The number of nitrogens with zero attached hydrogens (tertiary/aromatic N) is 1. The van der Waals surface area contributed by atoms with Crippen molar-refractivity contribution in [1.82, 2.24) is 15.5 Å². The Balaban J connectivity index is 1.56. The first-order valence-electron chi connectivity index (χ1n) is 8.63. The van der Waals surface area contributed by atoms with Crippen molar-refractivity contribution >= 4 is 11.8 Å². The van der Waals surface area contributed by atoms with Crippen LogP contribution in [-0.4, -0.2) is 58.9 Å². The van der Waals surface area contributed by atoms with Gasteiger partial charge >= 0.3 is 0 Å². The lowest BCUT2D eigenvalue weighted by Crippen LogP contribution is -2.46. The fraction of sp³-hybridized carbons (Fsp3) is 0.556. The summed E-state index contributed by atoms with van der Waals surface area (Å²) in [5, 5.41) is 15.7. The van der Waals surface area contributed by atoms with Gasteiger partial charge in [0.1, 0.15) is 12.3 Å². The summed E-state index contributed by atoms with van der Waals surface area (Å²) < 4.78 is 5.68. The van der Waals surface area contributed by atoms with Crippen LogP contribution in [0.2, 0.25) is 0 Å². The van der Waals surface area contributed by atoms with E-state index in [2.05, 4.69) is 10.6 Å². The van der Waals surface area contributed by atoms with Crippen LogP contribution in [0.4, 0.5) is 0 Å². The summed E-state index contributed by atoms with van der Waals surface area (Å²) in [4.78, 5) is 25.6. The minimum atomic E-state index is -0.548. The molecular formula is C18H25N3O4. The molecule has 0 radical (unpaired) electrons. The molecule has 0 aromatic heterocycles. The molecule has 3 rings (SSSR count). The van der Waals surface area contributed by atoms with Crippen LogP contribution in [0.3, 0.4) is 0 Å². The van der Waals surface area contributed by atoms with Crippen molar-refractivity contribution in [3.63, 3.8) is 0 Å². The average Bonchev–Trinajstić information content (AvgIpc) is 3.28. The maximum absolute atomic E-state index is 12.6. The van der Waals surface area contributed by atoms with Crippen LogP contribution in [0.1, 0.15) is 25.8 Å². The van der Waals surface area contributed by atoms with E-state index in [4.69, 9.17) is 4.74 Å². The van der Waals surface area contributed by atoms with Crippen molar-refractivity contribution in [2.45, 2.75) is 57.3 Å². The number of ether oxygens (including phenoxy) is 1. The second-order valence-corrected chi connectivity index (χ2v) is 6.79. The molecule has 2 heterocycles. The molecule has 0 bridgehead atoms. The first kappa shape index (κ1) is 17.8. The number of hydrogen-bond acceptors (Lipinski definition) is 5. The van der Waals surface area contributed by atoms with Gasteiger partial charge in [0.2, 0.25) is 11.8 Å². The first-order chi connectivity index (χ1) is 12.0. The molecule has 136 valence electrons. The van der Waals surface area contributed by atoms with E-state index in [-0.39, 0.29) is 30.2 Å². The number of carbonyl (C=O) groups excluding carboxylic acids is 2. The third kappa shape index (κ3) is 4.36.